The predicted molar refractivity (Wildman–Crippen MR) is 113 cm³/mol. The van der Waals surface area contributed by atoms with Gasteiger partial charge < -0.3 is 10.3 Å². The molecule has 1 unspecified atom stereocenters. The number of nitrogens with one attached hydrogen (secondary N) is 2. The number of hydrogen-bond donors (Lipinski definition) is 2. The van der Waals surface area contributed by atoms with E-state index in [9.17, 15) is 13.2 Å². The summed E-state index contributed by atoms with van der Waals surface area (Å²) in [5.74, 6) is 0.213. The summed E-state index contributed by atoms with van der Waals surface area (Å²) in [7, 11) is -3.76. The van der Waals surface area contributed by atoms with Gasteiger partial charge in [-0.05, 0) is 54.8 Å². The van der Waals surface area contributed by atoms with Crippen molar-refractivity contribution in [3.8, 4) is 0 Å². The van der Waals surface area contributed by atoms with Gasteiger partial charge in [-0.15, -0.1) is 0 Å². The zero-order valence-corrected chi connectivity index (χ0v) is 17.6. The molecule has 0 spiro atoms. The molecule has 0 saturated heterocycles. The molecule has 3 aromatic rings. The van der Waals surface area contributed by atoms with Gasteiger partial charge >= 0.3 is 0 Å². The third kappa shape index (κ3) is 5.06. The van der Waals surface area contributed by atoms with Crippen LogP contribution < -0.4 is 5.32 Å². The minimum atomic E-state index is -3.76. The third-order valence-electron chi connectivity index (χ3n) is 4.18. The van der Waals surface area contributed by atoms with Gasteiger partial charge in [-0.1, -0.05) is 23.7 Å². The van der Waals surface area contributed by atoms with E-state index in [1.807, 2.05) is 30.5 Å². The number of amides is 1. The Morgan fingerprint density at radius 2 is 1.93 bits per heavy atom. The van der Waals surface area contributed by atoms with Crippen LogP contribution in [0.1, 0.15) is 18.3 Å². The van der Waals surface area contributed by atoms with Crippen molar-refractivity contribution in [2.75, 3.05) is 17.8 Å². The maximum Gasteiger partial charge on any atom is 0.236 e. The molecule has 0 saturated carbocycles. The van der Waals surface area contributed by atoms with Crippen LogP contribution in [-0.4, -0.2) is 42.1 Å². The molecule has 0 bridgehead atoms. The van der Waals surface area contributed by atoms with Crippen molar-refractivity contribution in [3.05, 3.63) is 59.4 Å². The summed E-state index contributed by atoms with van der Waals surface area (Å²) in [6.45, 7) is 0. The Bertz CT molecular complexity index is 1030. The van der Waals surface area contributed by atoms with Crippen LogP contribution in [0, 0.1) is 0 Å². The molecule has 0 aliphatic rings. The van der Waals surface area contributed by atoms with Crippen molar-refractivity contribution in [1.82, 2.24) is 15.3 Å². The number of hydrogen-bond acceptors (Lipinski definition) is 5. The highest BCUT2D eigenvalue weighted by Gasteiger charge is 2.23. The van der Waals surface area contributed by atoms with E-state index >= 15 is 0 Å². The SMILES string of the molecule is CSCCC(NC(=O)CS(=O)(=O)c1ccc(Cl)cc1)c1nc2ccccc2[nH]1. The Balaban J connectivity index is 1.76. The number of carbonyl (C=O) groups is 1. The Labute approximate surface area is 173 Å². The molecule has 6 nitrogen and oxygen atoms in total. The lowest BCUT2D eigenvalue weighted by atomic mass is 10.2. The number of aromatic nitrogens is 2. The lowest BCUT2D eigenvalue weighted by Crippen LogP contribution is -2.34. The van der Waals surface area contributed by atoms with Crippen LogP contribution in [-0.2, 0) is 14.6 Å². The second kappa shape index (κ2) is 8.98. The first-order chi connectivity index (χ1) is 13.4. The smallest absolute Gasteiger partial charge is 0.236 e. The first kappa shape index (κ1) is 20.7. The number of aromatic amines is 1. The molecular weight excluding hydrogens is 418 g/mol. The number of carbonyl (C=O) groups excluding carboxylic acids is 1. The largest absolute Gasteiger partial charge is 0.345 e. The van der Waals surface area contributed by atoms with Crippen LogP contribution in [0.15, 0.2) is 53.4 Å². The van der Waals surface area contributed by atoms with E-state index in [1.165, 1.54) is 24.3 Å². The highest BCUT2D eigenvalue weighted by atomic mass is 35.5. The Kier molecular flexibility index (Phi) is 6.64. The van der Waals surface area contributed by atoms with Crippen molar-refractivity contribution in [2.24, 2.45) is 0 Å². The fourth-order valence-corrected chi connectivity index (χ4v) is 4.53. The van der Waals surface area contributed by atoms with Gasteiger partial charge in [0.05, 0.1) is 22.0 Å². The number of para-hydroxylation sites is 2. The summed E-state index contributed by atoms with van der Waals surface area (Å²) < 4.78 is 25.0. The molecule has 9 heteroatoms. The molecule has 1 aromatic heterocycles. The van der Waals surface area contributed by atoms with Gasteiger partial charge in [0.25, 0.3) is 0 Å². The van der Waals surface area contributed by atoms with Crippen molar-refractivity contribution >= 4 is 50.1 Å². The normalized spacial score (nSPS) is 12.8. The molecule has 0 aliphatic heterocycles. The maximum absolute atomic E-state index is 12.5. The molecule has 1 amide bonds. The van der Waals surface area contributed by atoms with Crippen molar-refractivity contribution in [2.45, 2.75) is 17.4 Å². The average molecular weight is 438 g/mol. The van der Waals surface area contributed by atoms with E-state index in [4.69, 9.17) is 11.6 Å². The first-order valence-corrected chi connectivity index (χ1v) is 12.0. The first-order valence-electron chi connectivity index (χ1n) is 8.60. The van der Waals surface area contributed by atoms with E-state index in [0.717, 1.165) is 16.8 Å². The van der Waals surface area contributed by atoms with Crippen LogP contribution in [0.25, 0.3) is 11.0 Å². The number of sulfone groups is 1. The zero-order valence-electron chi connectivity index (χ0n) is 15.2. The fraction of sp³-hybridized carbons (Fsp3) is 0.263. The maximum atomic E-state index is 12.5. The average Bonchev–Trinajstić information content (AvgIpc) is 3.09. The van der Waals surface area contributed by atoms with E-state index in [2.05, 4.69) is 15.3 Å². The van der Waals surface area contributed by atoms with Crippen LogP contribution in [0.4, 0.5) is 0 Å². The van der Waals surface area contributed by atoms with Gasteiger partial charge in [0.15, 0.2) is 9.84 Å². The zero-order chi connectivity index (χ0) is 20.1. The number of nitrogens with zero attached hydrogens (tertiary/aromatic N) is 1. The Morgan fingerprint density at radius 1 is 1.21 bits per heavy atom. The van der Waals surface area contributed by atoms with Crippen molar-refractivity contribution in [3.63, 3.8) is 0 Å². The van der Waals surface area contributed by atoms with E-state index < -0.39 is 27.5 Å². The number of rotatable bonds is 8. The molecule has 28 heavy (non-hydrogen) atoms. The Hall–Kier alpha value is -2.03. The summed E-state index contributed by atoms with van der Waals surface area (Å²) >= 11 is 7.45. The van der Waals surface area contributed by atoms with Gasteiger partial charge in [-0.3, -0.25) is 4.79 Å². The molecule has 2 N–H and O–H groups in total. The number of fused-ring (bicyclic) bond motifs is 1. The quantitative estimate of drug-likeness (QED) is 0.561. The van der Waals surface area contributed by atoms with Crippen LogP contribution in [0.5, 0.6) is 0 Å². The van der Waals surface area contributed by atoms with Gasteiger partial charge in [0, 0.05) is 5.02 Å². The summed E-state index contributed by atoms with van der Waals surface area (Å²) in [6.07, 6.45) is 2.61. The van der Waals surface area contributed by atoms with Crippen LogP contribution in [0.2, 0.25) is 5.02 Å². The molecular formula is C19H20ClN3O3S2. The molecule has 0 radical (unpaired) electrons. The highest BCUT2D eigenvalue weighted by Crippen LogP contribution is 2.21. The number of imidazole rings is 1. The topological polar surface area (TPSA) is 91.9 Å². The van der Waals surface area contributed by atoms with E-state index in [1.54, 1.807) is 11.8 Å². The monoisotopic (exact) mass is 437 g/mol. The molecule has 1 heterocycles. The van der Waals surface area contributed by atoms with Crippen molar-refractivity contribution < 1.29 is 13.2 Å². The lowest BCUT2D eigenvalue weighted by Gasteiger charge is -2.16. The van der Waals surface area contributed by atoms with Gasteiger partial charge in [0.1, 0.15) is 11.6 Å². The van der Waals surface area contributed by atoms with E-state index in [0.29, 0.717) is 17.3 Å². The summed E-state index contributed by atoms with van der Waals surface area (Å²) in [4.78, 5) is 20.3. The van der Waals surface area contributed by atoms with Crippen LogP contribution in [0.3, 0.4) is 0 Å². The molecule has 3 rings (SSSR count). The number of H-pyrrole nitrogens is 1. The van der Waals surface area contributed by atoms with E-state index in [-0.39, 0.29) is 4.90 Å². The standard InChI is InChI=1S/C19H20ClN3O3S2/c1-27-11-10-17(19-22-15-4-2-3-5-16(15)23-19)21-18(24)12-28(25,26)14-8-6-13(20)7-9-14/h2-9,17H,10-12H2,1H3,(H,21,24)(H,22,23). The second-order valence-corrected chi connectivity index (χ2v) is 9.67. The molecule has 0 fully saturated rings. The minimum Gasteiger partial charge on any atom is -0.345 e. The summed E-state index contributed by atoms with van der Waals surface area (Å²) in [5, 5.41) is 3.25. The summed E-state index contributed by atoms with van der Waals surface area (Å²) in [5.41, 5.74) is 1.67. The number of thioether (sulfide) groups is 1. The molecule has 2 aromatic carbocycles. The third-order valence-corrected chi connectivity index (χ3v) is 6.71. The number of benzene rings is 2. The lowest BCUT2D eigenvalue weighted by molar-refractivity contribution is -0.119. The second-order valence-electron chi connectivity index (χ2n) is 6.25. The van der Waals surface area contributed by atoms with Crippen molar-refractivity contribution in [1.29, 1.82) is 0 Å². The van der Waals surface area contributed by atoms with Gasteiger partial charge in [-0.2, -0.15) is 11.8 Å². The van der Waals surface area contributed by atoms with Gasteiger partial charge in [0.2, 0.25) is 5.91 Å². The van der Waals surface area contributed by atoms with Crippen LogP contribution >= 0.6 is 23.4 Å². The molecule has 0 aliphatic carbocycles. The highest BCUT2D eigenvalue weighted by molar-refractivity contribution is 7.98. The summed E-state index contributed by atoms with van der Waals surface area (Å²) in [6, 6.07) is 13.0. The molecule has 148 valence electrons. The number of halogens is 1. The Morgan fingerprint density at radius 3 is 2.61 bits per heavy atom. The predicted octanol–water partition coefficient (Wildman–Crippen LogP) is 3.60. The molecule has 1 atom stereocenters. The fourth-order valence-electron chi connectivity index (χ4n) is 2.78. The van der Waals surface area contributed by atoms with Gasteiger partial charge in [-0.25, -0.2) is 13.4 Å². The minimum absolute atomic E-state index is 0.0662.